The molecule has 1 aromatic carbocycles. The largest absolute Gasteiger partial charge is 0.398 e. The number of aromatic nitrogens is 1. The van der Waals surface area contributed by atoms with Gasteiger partial charge in [0.2, 0.25) is 0 Å². The molecule has 1 unspecified atom stereocenters. The van der Waals surface area contributed by atoms with Gasteiger partial charge in [-0.25, -0.2) is 4.98 Å². The van der Waals surface area contributed by atoms with E-state index >= 15 is 0 Å². The Kier molecular flexibility index (Phi) is 4.52. The molecule has 2 rings (SSSR count). The number of hydrogen-bond donors (Lipinski definition) is 1. The molecule has 0 aliphatic heterocycles. The number of nitrogen functional groups attached to an aromatic ring is 1. The summed E-state index contributed by atoms with van der Waals surface area (Å²) < 4.78 is 12.4. The Morgan fingerprint density at radius 1 is 1.40 bits per heavy atom. The van der Waals surface area contributed by atoms with E-state index in [1.165, 1.54) is 11.3 Å². The second-order valence-corrected chi connectivity index (χ2v) is 8.35. The van der Waals surface area contributed by atoms with Gasteiger partial charge in [-0.05, 0) is 18.2 Å². The molecule has 0 aliphatic rings. The van der Waals surface area contributed by atoms with E-state index in [2.05, 4.69) is 25.8 Å². The number of rotatable bonds is 3. The number of halogens is 1. The van der Waals surface area contributed by atoms with Crippen LogP contribution in [0.25, 0.3) is 0 Å². The number of thiazole rings is 1. The Balaban J connectivity index is 2.17. The molecule has 0 spiro atoms. The lowest BCUT2D eigenvalue weighted by atomic mass is 9.93. The average Bonchev–Trinajstić information content (AvgIpc) is 2.76. The molecule has 0 radical (unpaired) electrons. The molecule has 0 fully saturated rings. The first-order valence-electron chi connectivity index (χ1n) is 6.15. The maximum absolute atomic E-state index is 12.4. The van der Waals surface area contributed by atoms with Crippen molar-refractivity contribution in [2.24, 2.45) is 0 Å². The summed E-state index contributed by atoms with van der Waals surface area (Å²) >= 11 is 7.38. The number of anilines is 1. The van der Waals surface area contributed by atoms with Crippen molar-refractivity contribution in [2.45, 2.75) is 36.8 Å². The molecule has 1 atom stereocenters. The highest BCUT2D eigenvalue weighted by Gasteiger charge is 2.18. The zero-order valence-electron chi connectivity index (χ0n) is 11.6. The summed E-state index contributed by atoms with van der Waals surface area (Å²) in [6.07, 6.45) is 0. The van der Waals surface area contributed by atoms with Crippen LogP contribution in [-0.4, -0.2) is 9.19 Å². The molecule has 0 bridgehead atoms. The van der Waals surface area contributed by atoms with E-state index in [0.29, 0.717) is 21.4 Å². The standard InChI is InChI=1S/C14H17ClN2OS2/c1-14(2,3)12-7-19-13(17-12)8-20(18)11-5-4-9(15)6-10(11)16/h4-7H,8,16H2,1-3H3. The zero-order chi connectivity index (χ0) is 14.9. The molecule has 0 saturated heterocycles. The van der Waals surface area contributed by atoms with Crippen molar-refractivity contribution in [1.29, 1.82) is 0 Å². The van der Waals surface area contributed by atoms with E-state index in [0.717, 1.165) is 10.7 Å². The highest BCUT2D eigenvalue weighted by atomic mass is 35.5. The van der Waals surface area contributed by atoms with Gasteiger partial charge in [-0.2, -0.15) is 0 Å². The van der Waals surface area contributed by atoms with Crippen molar-refractivity contribution in [2.75, 3.05) is 5.73 Å². The zero-order valence-corrected chi connectivity index (χ0v) is 14.0. The summed E-state index contributed by atoms with van der Waals surface area (Å²) in [7, 11) is -1.20. The van der Waals surface area contributed by atoms with Crippen LogP contribution < -0.4 is 5.73 Å². The minimum absolute atomic E-state index is 0.00947. The maximum atomic E-state index is 12.4. The molecular weight excluding hydrogens is 312 g/mol. The summed E-state index contributed by atoms with van der Waals surface area (Å²) in [4.78, 5) is 5.17. The second-order valence-electron chi connectivity index (χ2n) is 5.55. The summed E-state index contributed by atoms with van der Waals surface area (Å²) in [6.45, 7) is 6.33. The van der Waals surface area contributed by atoms with Crippen LogP contribution in [0.4, 0.5) is 5.69 Å². The van der Waals surface area contributed by atoms with E-state index in [4.69, 9.17) is 17.3 Å². The third kappa shape index (κ3) is 3.59. The van der Waals surface area contributed by atoms with Crippen molar-refractivity contribution in [3.05, 3.63) is 39.3 Å². The van der Waals surface area contributed by atoms with E-state index in [1.807, 2.05) is 5.38 Å². The van der Waals surface area contributed by atoms with Crippen LogP contribution in [0.1, 0.15) is 31.5 Å². The molecule has 1 heterocycles. The van der Waals surface area contributed by atoms with Crippen LogP contribution in [0, 0.1) is 0 Å². The number of hydrogen-bond acceptors (Lipinski definition) is 4. The van der Waals surface area contributed by atoms with E-state index in [-0.39, 0.29) is 5.41 Å². The molecule has 20 heavy (non-hydrogen) atoms. The quantitative estimate of drug-likeness (QED) is 0.867. The Morgan fingerprint density at radius 3 is 2.65 bits per heavy atom. The predicted molar refractivity (Wildman–Crippen MR) is 86.8 cm³/mol. The van der Waals surface area contributed by atoms with Gasteiger partial charge in [0.25, 0.3) is 0 Å². The average molecular weight is 329 g/mol. The Labute approximate surface area is 130 Å². The second kappa shape index (κ2) is 5.84. The lowest BCUT2D eigenvalue weighted by Crippen LogP contribution is -2.11. The van der Waals surface area contributed by atoms with Crippen LogP contribution in [-0.2, 0) is 22.0 Å². The van der Waals surface area contributed by atoms with Crippen LogP contribution in [0.15, 0.2) is 28.5 Å². The molecule has 2 aromatic rings. The Hall–Kier alpha value is -0.910. The fourth-order valence-corrected chi connectivity index (χ4v) is 4.20. The van der Waals surface area contributed by atoms with Crippen molar-refractivity contribution in [1.82, 2.24) is 4.98 Å². The van der Waals surface area contributed by atoms with E-state index in [9.17, 15) is 4.21 Å². The summed E-state index contributed by atoms with van der Waals surface area (Å²) in [5, 5.41) is 3.44. The van der Waals surface area contributed by atoms with Crippen molar-refractivity contribution in [3.63, 3.8) is 0 Å². The molecular formula is C14H17ClN2OS2. The third-order valence-corrected chi connectivity index (χ3v) is 5.46. The lowest BCUT2D eigenvalue weighted by Gasteiger charge is -2.14. The highest BCUT2D eigenvalue weighted by Crippen LogP contribution is 2.27. The van der Waals surface area contributed by atoms with Gasteiger partial charge in [-0.1, -0.05) is 32.4 Å². The molecule has 108 valence electrons. The summed E-state index contributed by atoms with van der Waals surface area (Å²) in [6, 6.07) is 5.04. The minimum atomic E-state index is -1.20. The number of nitrogens with zero attached hydrogens (tertiary/aromatic N) is 1. The van der Waals surface area contributed by atoms with Crippen molar-refractivity contribution in [3.8, 4) is 0 Å². The van der Waals surface area contributed by atoms with Gasteiger partial charge in [0.15, 0.2) is 0 Å². The molecule has 0 saturated carbocycles. The van der Waals surface area contributed by atoms with Gasteiger partial charge < -0.3 is 5.73 Å². The van der Waals surface area contributed by atoms with Crippen LogP contribution >= 0.6 is 22.9 Å². The SMILES string of the molecule is CC(C)(C)c1csc(CS(=O)c2ccc(Cl)cc2N)n1. The fraction of sp³-hybridized carbons (Fsp3) is 0.357. The smallest absolute Gasteiger partial charge is 0.106 e. The van der Waals surface area contributed by atoms with E-state index < -0.39 is 10.8 Å². The van der Waals surface area contributed by atoms with Crippen molar-refractivity contribution >= 4 is 39.4 Å². The van der Waals surface area contributed by atoms with Crippen LogP contribution in [0.3, 0.4) is 0 Å². The first kappa shape index (κ1) is 15.5. The maximum Gasteiger partial charge on any atom is 0.106 e. The molecule has 0 aliphatic carbocycles. The molecule has 6 heteroatoms. The topological polar surface area (TPSA) is 56.0 Å². The fourth-order valence-electron chi connectivity index (χ4n) is 1.64. The summed E-state index contributed by atoms with van der Waals surface area (Å²) in [5.41, 5.74) is 7.35. The number of benzene rings is 1. The monoisotopic (exact) mass is 328 g/mol. The van der Waals surface area contributed by atoms with Gasteiger partial charge >= 0.3 is 0 Å². The lowest BCUT2D eigenvalue weighted by molar-refractivity contribution is 0.571. The first-order valence-corrected chi connectivity index (χ1v) is 8.73. The highest BCUT2D eigenvalue weighted by molar-refractivity contribution is 7.84. The van der Waals surface area contributed by atoms with E-state index in [1.54, 1.807) is 18.2 Å². The van der Waals surface area contributed by atoms with Crippen molar-refractivity contribution < 1.29 is 4.21 Å². The normalized spacial score (nSPS) is 13.4. The van der Waals surface area contributed by atoms with Gasteiger partial charge in [0.1, 0.15) is 5.01 Å². The first-order chi connectivity index (χ1) is 9.27. The molecule has 0 amide bonds. The predicted octanol–water partition coefficient (Wildman–Crippen LogP) is 3.98. The van der Waals surface area contributed by atoms with Gasteiger partial charge in [-0.15, -0.1) is 11.3 Å². The van der Waals surface area contributed by atoms with Crippen LogP contribution in [0.2, 0.25) is 5.02 Å². The number of nitrogens with two attached hydrogens (primary N) is 1. The van der Waals surface area contributed by atoms with Crippen LogP contribution in [0.5, 0.6) is 0 Å². The Morgan fingerprint density at radius 2 is 2.10 bits per heavy atom. The van der Waals surface area contributed by atoms with Gasteiger partial charge in [0, 0.05) is 21.5 Å². The molecule has 2 N–H and O–H groups in total. The Bertz CT molecular complexity index is 647. The molecule has 1 aromatic heterocycles. The third-order valence-electron chi connectivity index (χ3n) is 2.79. The van der Waals surface area contributed by atoms with Gasteiger partial charge in [0.05, 0.1) is 27.1 Å². The summed E-state index contributed by atoms with van der Waals surface area (Å²) in [5.74, 6) is 0.382. The molecule has 3 nitrogen and oxygen atoms in total. The minimum Gasteiger partial charge on any atom is -0.398 e. The van der Waals surface area contributed by atoms with Gasteiger partial charge in [-0.3, -0.25) is 4.21 Å².